The molecular formula is C21H21Cl2N5O3S. The largest absolute Gasteiger partial charge is 0.271 e. The van der Waals surface area contributed by atoms with Crippen LogP contribution in [-0.2, 0) is 14.8 Å². The Labute approximate surface area is 196 Å². The molecule has 0 aliphatic carbocycles. The lowest BCUT2D eigenvalue weighted by atomic mass is 10.2. The Morgan fingerprint density at radius 2 is 1.84 bits per heavy atom. The van der Waals surface area contributed by atoms with Gasteiger partial charge in [0.05, 0.1) is 35.1 Å². The number of halogens is 2. The van der Waals surface area contributed by atoms with Crippen molar-refractivity contribution >= 4 is 51.0 Å². The van der Waals surface area contributed by atoms with Crippen LogP contribution in [0.3, 0.4) is 0 Å². The Hall–Kier alpha value is -2.88. The molecule has 0 aliphatic heterocycles. The zero-order chi connectivity index (χ0) is 23.5. The van der Waals surface area contributed by atoms with Crippen molar-refractivity contribution in [3.8, 4) is 5.69 Å². The van der Waals surface area contributed by atoms with Crippen molar-refractivity contribution in [3.05, 3.63) is 75.5 Å². The Kier molecular flexibility index (Phi) is 7.22. The number of hydrazone groups is 1. The molecule has 3 aromatic rings. The number of anilines is 1. The van der Waals surface area contributed by atoms with E-state index in [0.717, 1.165) is 21.9 Å². The van der Waals surface area contributed by atoms with Crippen LogP contribution >= 0.6 is 23.2 Å². The van der Waals surface area contributed by atoms with Gasteiger partial charge in [-0.1, -0.05) is 47.5 Å². The molecule has 0 bridgehead atoms. The Morgan fingerprint density at radius 3 is 2.50 bits per heavy atom. The highest BCUT2D eigenvalue weighted by Crippen LogP contribution is 2.28. The van der Waals surface area contributed by atoms with Crippen molar-refractivity contribution in [1.82, 2.24) is 15.2 Å². The third-order valence-electron chi connectivity index (χ3n) is 4.70. The molecule has 0 fully saturated rings. The molecule has 1 amide bonds. The predicted molar refractivity (Wildman–Crippen MR) is 127 cm³/mol. The van der Waals surface area contributed by atoms with Crippen molar-refractivity contribution in [2.45, 2.75) is 13.8 Å². The van der Waals surface area contributed by atoms with Gasteiger partial charge in [-0.15, -0.1) is 0 Å². The topological polar surface area (TPSA) is 96.7 Å². The summed E-state index contributed by atoms with van der Waals surface area (Å²) in [7, 11) is -3.74. The lowest BCUT2D eigenvalue weighted by Crippen LogP contribution is -2.39. The van der Waals surface area contributed by atoms with Crippen molar-refractivity contribution in [2.75, 3.05) is 17.1 Å². The normalized spacial score (nSPS) is 11.7. The van der Waals surface area contributed by atoms with Crippen molar-refractivity contribution in [3.63, 3.8) is 0 Å². The molecule has 0 unspecified atom stereocenters. The number of nitrogens with zero attached hydrogens (tertiary/aromatic N) is 4. The molecule has 3 rings (SSSR count). The van der Waals surface area contributed by atoms with Crippen LogP contribution in [0.25, 0.3) is 5.69 Å². The first kappa shape index (κ1) is 23.8. The highest BCUT2D eigenvalue weighted by atomic mass is 35.5. The maximum absolute atomic E-state index is 12.4. The Bertz CT molecular complexity index is 1270. The van der Waals surface area contributed by atoms with E-state index in [2.05, 4.69) is 15.6 Å². The molecule has 168 valence electrons. The summed E-state index contributed by atoms with van der Waals surface area (Å²) in [6, 6.07) is 14.3. The molecule has 0 saturated heterocycles. The molecular weight excluding hydrogens is 473 g/mol. The molecule has 0 radical (unpaired) electrons. The molecule has 8 nitrogen and oxygen atoms in total. The highest BCUT2D eigenvalue weighted by Gasteiger charge is 2.23. The van der Waals surface area contributed by atoms with Gasteiger partial charge in [-0.25, -0.2) is 18.5 Å². The number of nitrogens with one attached hydrogen (secondary N) is 1. The average molecular weight is 494 g/mol. The van der Waals surface area contributed by atoms with E-state index >= 15 is 0 Å². The second-order valence-electron chi connectivity index (χ2n) is 6.98. The van der Waals surface area contributed by atoms with Crippen molar-refractivity contribution < 1.29 is 13.2 Å². The van der Waals surface area contributed by atoms with Gasteiger partial charge < -0.3 is 0 Å². The zero-order valence-corrected chi connectivity index (χ0v) is 19.9. The molecule has 0 atom stereocenters. The average Bonchev–Trinajstić information content (AvgIpc) is 3.02. The minimum absolute atomic E-state index is 0.219. The number of rotatable bonds is 7. The third kappa shape index (κ3) is 5.29. The first-order valence-corrected chi connectivity index (χ1v) is 12.0. The number of sulfonamides is 1. The second-order valence-corrected chi connectivity index (χ2v) is 9.66. The molecule has 2 aromatic carbocycles. The van der Waals surface area contributed by atoms with Gasteiger partial charge in [-0.3, -0.25) is 9.10 Å². The van der Waals surface area contributed by atoms with Gasteiger partial charge in [0, 0.05) is 5.02 Å². The van der Waals surface area contributed by atoms with E-state index in [1.165, 1.54) is 6.21 Å². The van der Waals surface area contributed by atoms with Gasteiger partial charge in [0.2, 0.25) is 10.0 Å². The van der Waals surface area contributed by atoms with E-state index in [-0.39, 0.29) is 5.15 Å². The van der Waals surface area contributed by atoms with E-state index in [1.807, 2.05) is 37.3 Å². The smallest absolute Gasteiger partial charge is 0.260 e. The highest BCUT2D eigenvalue weighted by molar-refractivity contribution is 7.92. The number of carbonyl (C=O) groups is 1. The van der Waals surface area contributed by atoms with Crippen LogP contribution in [0.15, 0.2) is 53.6 Å². The van der Waals surface area contributed by atoms with Crippen LogP contribution in [0.5, 0.6) is 0 Å². The summed E-state index contributed by atoms with van der Waals surface area (Å²) in [4.78, 5) is 12.4. The fraction of sp³-hybridized carbons (Fsp3) is 0.190. The zero-order valence-electron chi connectivity index (χ0n) is 17.6. The summed E-state index contributed by atoms with van der Waals surface area (Å²) in [5.74, 6) is -0.629. The summed E-state index contributed by atoms with van der Waals surface area (Å²) in [5.41, 5.74) is 5.29. The van der Waals surface area contributed by atoms with Crippen molar-refractivity contribution in [2.24, 2.45) is 5.10 Å². The molecule has 32 heavy (non-hydrogen) atoms. The summed E-state index contributed by atoms with van der Waals surface area (Å²) in [5, 5.41) is 8.84. The lowest BCUT2D eigenvalue weighted by molar-refractivity contribution is -0.119. The number of para-hydroxylation sites is 1. The summed E-state index contributed by atoms with van der Waals surface area (Å²) >= 11 is 12.3. The standard InChI is InChI=1S/C21H21Cl2N5O3S/c1-14-18(22)10-7-11-19(14)27(32(3,30)31)13-20(29)25-24-12-17-15(2)28(26-21(17)23)16-8-5-4-6-9-16/h4-12H,13H2,1-3H3,(H,25,29)/b24-12-. The lowest BCUT2D eigenvalue weighted by Gasteiger charge is -2.23. The number of hydrogen-bond acceptors (Lipinski definition) is 5. The van der Waals surface area contributed by atoms with Gasteiger partial charge in [0.15, 0.2) is 5.15 Å². The van der Waals surface area contributed by atoms with E-state index in [0.29, 0.717) is 21.8 Å². The summed E-state index contributed by atoms with van der Waals surface area (Å²) in [6.07, 6.45) is 2.39. The first-order chi connectivity index (χ1) is 15.1. The van der Waals surface area contributed by atoms with Gasteiger partial charge >= 0.3 is 0 Å². The molecule has 0 spiro atoms. The number of benzene rings is 2. The number of hydrogen-bond donors (Lipinski definition) is 1. The molecule has 0 saturated carbocycles. The van der Waals surface area contributed by atoms with Crippen LogP contribution in [0.4, 0.5) is 5.69 Å². The van der Waals surface area contributed by atoms with Crippen LogP contribution in [0.2, 0.25) is 10.2 Å². The number of aromatic nitrogens is 2. The van der Waals surface area contributed by atoms with E-state index in [1.54, 1.807) is 29.8 Å². The van der Waals surface area contributed by atoms with E-state index in [9.17, 15) is 13.2 Å². The fourth-order valence-corrected chi connectivity index (χ4v) is 4.37. The summed E-state index contributed by atoms with van der Waals surface area (Å²) in [6.45, 7) is 3.04. The third-order valence-corrected chi connectivity index (χ3v) is 6.51. The Morgan fingerprint density at radius 1 is 1.16 bits per heavy atom. The van der Waals surface area contributed by atoms with E-state index in [4.69, 9.17) is 23.2 Å². The Balaban J connectivity index is 1.77. The molecule has 0 aliphatic rings. The van der Waals surface area contributed by atoms with Gasteiger partial charge in [-0.2, -0.15) is 10.2 Å². The maximum atomic E-state index is 12.4. The fourth-order valence-electron chi connectivity index (χ4n) is 3.03. The minimum atomic E-state index is -3.74. The molecule has 1 heterocycles. The van der Waals surface area contributed by atoms with Crippen LogP contribution in [0, 0.1) is 13.8 Å². The SMILES string of the molecule is Cc1c(Cl)cccc1N(CC(=O)N/N=C\c1c(Cl)nn(-c2ccccc2)c1C)S(C)(=O)=O. The minimum Gasteiger partial charge on any atom is -0.271 e. The van der Waals surface area contributed by atoms with Crippen molar-refractivity contribution in [1.29, 1.82) is 0 Å². The van der Waals surface area contributed by atoms with Crippen LogP contribution in [0.1, 0.15) is 16.8 Å². The predicted octanol–water partition coefficient (Wildman–Crippen LogP) is 3.71. The van der Waals surface area contributed by atoms with Gasteiger partial charge in [0.1, 0.15) is 6.54 Å². The van der Waals surface area contributed by atoms with Crippen LogP contribution in [-0.4, -0.2) is 43.1 Å². The van der Waals surface area contributed by atoms with Gasteiger partial charge in [0.25, 0.3) is 5.91 Å². The number of carbonyl (C=O) groups excluding carboxylic acids is 1. The molecule has 1 aromatic heterocycles. The van der Waals surface area contributed by atoms with Crippen LogP contribution < -0.4 is 9.73 Å². The maximum Gasteiger partial charge on any atom is 0.260 e. The van der Waals surface area contributed by atoms with E-state index < -0.39 is 22.5 Å². The molecule has 11 heteroatoms. The number of amides is 1. The van der Waals surface area contributed by atoms with Gasteiger partial charge in [-0.05, 0) is 43.7 Å². The monoisotopic (exact) mass is 493 g/mol. The molecule has 1 N–H and O–H groups in total. The second kappa shape index (κ2) is 9.72. The first-order valence-electron chi connectivity index (χ1n) is 9.45. The quantitative estimate of drug-likeness (QED) is 0.400. The summed E-state index contributed by atoms with van der Waals surface area (Å²) < 4.78 is 27.2.